The lowest BCUT2D eigenvalue weighted by molar-refractivity contribution is 1.15. The van der Waals surface area contributed by atoms with Gasteiger partial charge in [-0.2, -0.15) is 10.5 Å². The van der Waals surface area contributed by atoms with Gasteiger partial charge >= 0.3 is 0 Å². The molecule has 11 aromatic rings. The topological polar surface area (TPSA) is 62.4 Å². The molecule has 0 aliphatic heterocycles. The van der Waals surface area contributed by atoms with Crippen LogP contribution in [0.15, 0.2) is 176 Å². The second-order valence-corrected chi connectivity index (χ2v) is 14.0. The van der Waals surface area contributed by atoms with Gasteiger partial charge in [0.1, 0.15) is 6.07 Å². The summed E-state index contributed by atoms with van der Waals surface area (Å²) in [6, 6.07) is 65.9. The first kappa shape index (κ1) is 30.7. The van der Waals surface area contributed by atoms with E-state index in [-0.39, 0.29) is 0 Å². The van der Waals surface area contributed by atoms with Crippen molar-refractivity contribution in [2.75, 3.05) is 0 Å². The van der Waals surface area contributed by atoms with E-state index in [1.807, 2.05) is 36.4 Å². The zero-order valence-electron chi connectivity index (χ0n) is 29.5. The highest BCUT2D eigenvalue weighted by molar-refractivity contribution is 6.12. The van der Waals surface area contributed by atoms with Crippen LogP contribution < -0.4 is 0 Å². The maximum absolute atomic E-state index is 10.8. The van der Waals surface area contributed by atoms with Crippen LogP contribution in [0.1, 0.15) is 11.1 Å². The molecular formula is C50H29N5. The van der Waals surface area contributed by atoms with E-state index in [1.54, 1.807) is 0 Å². The van der Waals surface area contributed by atoms with Crippen molar-refractivity contribution in [2.45, 2.75) is 0 Å². The smallest absolute Gasteiger partial charge is 0.101 e. The third-order valence-electron chi connectivity index (χ3n) is 11.1. The van der Waals surface area contributed by atoms with E-state index >= 15 is 0 Å². The largest absolute Gasteiger partial charge is 0.309 e. The monoisotopic (exact) mass is 699 g/mol. The minimum atomic E-state index is 0.586. The molecule has 0 aliphatic carbocycles. The number of nitrogens with zero attached hydrogens (tertiary/aromatic N) is 5. The Balaban J connectivity index is 1.09. The van der Waals surface area contributed by atoms with Crippen LogP contribution in [-0.2, 0) is 0 Å². The van der Waals surface area contributed by atoms with Crippen molar-refractivity contribution < 1.29 is 0 Å². The Hall–Kier alpha value is -7.86. The maximum Gasteiger partial charge on any atom is 0.101 e. The lowest BCUT2D eigenvalue weighted by Crippen LogP contribution is -2.00. The quantitative estimate of drug-likeness (QED) is 0.184. The van der Waals surface area contributed by atoms with Crippen LogP contribution in [0.2, 0.25) is 0 Å². The van der Waals surface area contributed by atoms with Crippen LogP contribution in [0.4, 0.5) is 0 Å². The van der Waals surface area contributed by atoms with Gasteiger partial charge in [-0.05, 0) is 83.9 Å². The highest BCUT2D eigenvalue weighted by Gasteiger charge is 2.19. The molecule has 0 amide bonds. The zero-order valence-corrected chi connectivity index (χ0v) is 29.5. The van der Waals surface area contributed by atoms with Gasteiger partial charge < -0.3 is 13.7 Å². The molecule has 0 atom stereocenters. The van der Waals surface area contributed by atoms with Gasteiger partial charge in [0.15, 0.2) is 0 Å². The first-order chi connectivity index (χ1) is 27.2. The number of para-hydroxylation sites is 4. The Morgan fingerprint density at radius 2 is 0.818 bits per heavy atom. The normalized spacial score (nSPS) is 11.6. The van der Waals surface area contributed by atoms with Crippen LogP contribution >= 0.6 is 0 Å². The third-order valence-corrected chi connectivity index (χ3v) is 11.1. The van der Waals surface area contributed by atoms with Gasteiger partial charge in [-0.1, -0.05) is 103 Å². The third kappa shape index (κ3) is 4.51. The predicted molar refractivity (Wildman–Crippen MR) is 224 cm³/mol. The van der Waals surface area contributed by atoms with E-state index < -0.39 is 0 Å². The molecule has 0 bridgehead atoms. The Morgan fingerprint density at radius 1 is 0.327 bits per heavy atom. The van der Waals surface area contributed by atoms with Crippen molar-refractivity contribution in [3.63, 3.8) is 0 Å². The van der Waals surface area contributed by atoms with E-state index in [4.69, 9.17) is 0 Å². The predicted octanol–water partition coefficient (Wildman–Crippen LogP) is 12.4. The lowest BCUT2D eigenvalue weighted by atomic mass is 10.0. The Bertz CT molecular complexity index is 3420. The number of nitriles is 2. The molecule has 8 aromatic carbocycles. The molecule has 0 fully saturated rings. The Morgan fingerprint density at radius 3 is 1.42 bits per heavy atom. The molecule has 254 valence electrons. The van der Waals surface area contributed by atoms with Crippen LogP contribution in [-0.4, -0.2) is 13.7 Å². The van der Waals surface area contributed by atoms with Crippen LogP contribution in [0.3, 0.4) is 0 Å². The summed E-state index contributed by atoms with van der Waals surface area (Å²) in [5, 5.41) is 27.4. The zero-order chi connectivity index (χ0) is 36.6. The molecule has 0 spiro atoms. The molecule has 5 heteroatoms. The molecule has 0 aliphatic rings. The molecular weight excluding hydrogens is 671 g/mol. The summed E-state index contributed by atoms with van der Waals surface area (Å²) in [5.41, 5.74) is 12.5. The first-order valence-corrected chi connectivity index (χ1v) is 18.3. The van der Waals surface area contributed by atoms with E-state index in [9.17, 15) is 10.5 Å². The summed E-state index contributed by atoms with van der Waals surface area (Å²) in [7, 11) is 0. The van der Waals surface area contributed by atoms with Crippen LogP contribution in [0.25, 0.3) is 93.6 Å². The molecule has 3 heterocycles. The van der Waals surface area contributed by atoms with Crippen molar-refractivity contribution in [3.05, 3.63) is 187 Å². The van der Waals surface area contributed by atoms with E-state index in [2.05, 4.69) is 165 Å². The summed E-state index contributed by atoms with van der Waals surface area (Å²) in [6.07, 6.45) is 0. The highest BCUT2D eigenvalue weighted by Crippen LogP contribution is 2.39. The van der Waals surface area contributed by atoms with Crippen molar-refractivity contribution in [1.29, 1.82) is 10.5 Å². The summed E-state index contributed by atoms with van der Waals surface area (Å²) in [5.74, 6) is 0. The minimum Gasteiger partial charge on any atom is -0.309 e. The number of fused-ring (bicyclic) bond motifs is 9. The van der Waals surface area contributed by atoms with Crippen LogP contribution in [0, 0.1) is 22.7 Å². The van der Waals surface area contributed by atoms with Crippen molar-refractivity contribution in [2.24, 2.45) is 0 Å². The minimum absolute atomic E-state index is 0.586. The number of hydrogen-bond acceptors (Lipinski definition) is 2. The van der Waals surface area contributed by atoms with Gasteiger partial charge in [-0.3, -0.25) is 0 Å². The Labute approximate surface area is 316 Å². The second kappa shape index (κ2) is 11.8. The molecule has 3 aromatic heterocycles. The van der Waals surface area contributed by atoms with Gasteiger partial charge in [-0.25, -0.2) is 0 Å². The van der Waals surface area contributed by atoms with E-state index in [0.717, 1.165) is 82.8 Å². The van der Waals surface area contributed by atoms with Gasteiger partial charge in [0.05, 0.1) is 56.0 Å². The van der Waals surface area contributed by atoms with Crippen molar-refractivity contribution in [3.8, 4) is 40.3 Å². The molecule has 5 nitrogen and oxygen atoms in total. The SMILES string of the molecule is N#Cc1ccc2c3ccccc3n(-c3cccc(-c4ccc(-n5c6ccccc6c6ccc(-n7c8ccccc8c8ccccc87)cc65)c(C#N)c4)c3)c2c1. The standard InChI is InChI=1S/C50H29N5/c51-30-32-20-23-42-40-14-3-7-18-47(40)54(49(42)26-32)36-11-9-10-33(28-36)34-21-25-44(35(27-34)31-52)55-48-19-8-4-15-41(48)43-24-22-37(29-50(43)55)53-45-16-5-1-12-38(45)39-13-2-6-17-46(39)53/h1-29H. The van der Waals surface area contributed by atoms with Crippen molar-refractivity contribution >= 4 is 65.4 Å². The fourth-order valence-electron chi connectivity index (χ4n) is 8.70. The average molecular weight is 700 g/mol. The number of benzene rings is 8. The fraction of sp³-hybridized carbons (Fsp3) is 0. The molecule has 0 N–H and O–H groups in total. The Kier molecular flexibility index (Phi) is 6.61. The average Bonchev–Trinajstić information content (AvgIpc) is 3.88. The van der Waals surface area contributed by atoms with Crippen LogP contribution in [0.5, 0.6) is 0 Å². The van der Waals surface area contributed by atoms with Gasteiger partial charge in [-0.15, -0.1) is 0 Å². The second-order valence-electron chi connectivity index (χ2n) is 14.0. The fourth-order valence-corrected chi connectivity index (χ4v) is 8.70. The maximum atomic E-state index is 10.8. The number of aromatic nitrogens is 3. The number of hydrogen-bond donors (Lipinski definition) is 0. The number of rotatable bonds is 4. The summed E-state index contributed by atoms with van der Waals surface area (Å²) in [4.78, 5) is 0. The summed E-state index contributed by atoms with van der Waals surface area (Å²) >= 11 is 0. The molecule has 0 saturated heterocycles. The first-order valence-electron chi connectivity index (χ1n) is 18.3. The molecule has 55 heavy (non-hydrogen) atoms. The summed E-state index contributed by atoms with van der Waals surface area (Å²) in [6.45, 7) is 0. The molecule has 11 rings (SSSR count). The molecule has 0 radical (unpaired) electrons. The van der Waals surface area contributed by atoms with Gasteiger partial charge in [0.25, 0.3) is 0 Å². The van der Waals surface area contributed by atoms with E-state index in [0.29, 0.717) is 11.1 Å². The van der Waals surface area contributed by atoms with Crippen molar-refractivity contribution in [1.82, 2.24) is 13.7 Å². The summed E-state index contributed by atoms with van der Waals surface area (Å²) < 4.78 is 6.80. The highest BCUT2D eigenvalue weighted by atomic mass is 15.0. The molecule has 0 unspecified atom stereocenters. The van der Waals surface area contributed by atoms with E-state index in [1.165, 1.54) is 10.8 Å². The lowest BCUT2D eigenvalue weighted by Gasteiger charge is -2.14. The van der Waals surface area contributed by atoms with Gasteiger partial charge in [0.2, 0.25) is 0 Å². The molecule has 0 saturated carbocycles. The van der Waals surface area contributed by atoms with Gasteiger partial charge in [0, 0.05) is 43.7 Å².